The molecule has 1 amide bonds. The van der Waals surface area contributed by atoms with E-state index < -0.39 is 0 Å². The Morgan fingerprint density at radius 2 is 2.40 bits per heavy atom. The molecule has 0 bridgehead atoms. The molecule has 1 atom stereocenters. The van der Waals surface area contributed by atoms with Crippen LogP contribution in [-0.2, 0) is 9.53 Å². The molecule has 15 heavy (non-hydrogen) atoms. The minimum absolute atomic E-state index is 0.153. The van der Waals surface area contributed by atoms with Gasteiger partial charge in [-0.05, 0) is 26.3 Å². The Bertz CT molecular complexity index is 237. The lowest BCUT2D eigenvalue weighted by atomic mass is 9.87. The molecule has 0 aromatic heterocycles. The van der Waals surface area contributed by atoms with Crippen LogP contribution in [-0.4, -0.2) is 50.2 Å². The zero-order valence-electron chi connectivity index (χ0n) is 9.42. The van der Waals surface area contributed by atoms with Crippen LogP contribution in [0.15, 0.2) is 0 Å². The zero-order chi connectivity index (χ0) is 10.7. The molecule has 2 heterocycles. The minimum atomic E-state index is 0.153. The van der Waals surface area contributed by atoms with E-state index in [1.54, 1.807) is 0 Å². The maximum Gasteiger partial charge on any atom is 0.248 e. The van der Waals surface area contributed by atoms with Gasteiger partial charge in [0.05, 0.1) is 0 Å². The molecule has 2 aliphatic heterocycles. The van der Waals surface area contributed by atoms with Crippen molar-refractivity contribution < 1.29 is 9.53 Å². The average molecular weight is 212 g/mol. The molecule has 0 aromatic rings. The third-order valence-corrected chi connectivity index (χ3v) is 3.55. The van der Waals surface area contributed by atoms with Gasteiger partial charge in [0, 0.05) is 31.7 Å². The first kappa shape index (κ1) is 10.9. The van der Waals surface area contributed by atoms with Gasteiger partial charge >= 0.3 is 0 Å². The van der Waals surface area contributed by atoms with Crippen LogP contribution in [0.3, 0.4) is 0 Å². The maximum absolute atomic E-state index is 11.7. The SMILES string of the molecule is CCOCC(=O)N1CCC2(CCNC2)C1. The van der Waals surface area contributed by atoms with Gasteiger partial charge in [-0.25, -0.2) is 0 Å². The van der Waals surface area contributed by atoms with E-state index in [4.69, 9.17) is 4.74 Å². The van der Waals surface area contributed by atoms with Gasteiger partial charge in [-0.1, -0.05) is 0 Å². The maximum atomic E-state index is 11.7. The Balaban J connectivity index is 1.83. The highest BCUT2D eigenvalue weighted by Gasteiger charge is 2.41. The number of hydrogen-bond donors (Lipinski definition) is 1. The van der Waals surface area contributed by atoms with Crippen LogP contribution >= 0.6 is 0 Å². The molecule has 0 aromatic carbocycles. The monoisotopic (exact) mass is 212 g/mol. The number of ether oxygens (including phenoxy) is 1. The van der Waals surface area contributed by atoms with Crippen molar-refractivity contribution in [3.8, 4) is 0 Å². The number of carbonyl (C=O) groups excluding carboxylic acids is 1. The molecule has 2 rings (SSSR count). The second kappa shape index (κ2) is 4.49. The van der Waals surface area contributed by atoms with Crippen LogP contribution in [0.2, 0.25) is 0 Å². The van der Waals surface area contributed by atoms with E-state index in [1.165, 1.54) is 6.42 Å². The molecule has 0 saturated carbocycles. The predicted molar refractivity (Wildman–Crippen MR) is 57.6 cm³/mol. The van der Waals surface area contributed by atoms with Gasteiger partial charge in [0.2, 0.25) is 5.91 Å². The van der Waals surface area contributed by atoms with Gasteiger partial charge in [-0.15, -0.1) is 0 Å². The number of nitrogens with one attached hydrogen (secondary N) is 1. The van der Waals surface area contributed by atoms with Gasteiger partial charge in [-0.3, -0.25) is 4.79 Å². The summed E-state index contributed by atoms with van der Waals surface area (Å²) in [7, 11) is 0. The highest BCUT2D eigenvalue weighted by molar-refractivity contribution is 5.77. The van der Waals surface area contributed by atoms with Crippen LogP contribution in [0, 0.1) is 5.41 Å². The van der Waals surface area contributed by atoms with E-state index in [-0.39, 0.29) is 12.5 Å². The van der Waals surface area contributed by atoms with Crippen molar-refractivity contribution in [1.29, 1.82) is 0 Å². The average Bonchev–Trinajstić information content (AvgIpc) is 2.86. The number of nitrogens with zero attached hydrogens (tertiary/aromatic N) is 1. The second-order valence-corrected chi connectivity index (χ2v) is 4.63. The van der Waals surface area contributed by atoms with E-state index in [0.717, 1.165) is 32.6 Å². The third kappa shape index (κ3) is 2.32. The first-order valence-electron chi connectivity index (χ1n) is 5.82. The van der Waals surface area contributed by atoms with Gasteiger partial charge in [0.25, 0.3) is 0 Å². The Kier molecular flexibility index (Phi) is 3.26. The summed E-state index contributed by atoms with van der Waals surface area (Å²) >= 11 is 0. The van der Waals surface area contributed by atoms with Crippen LogP contribution in [0.4, 0.5) is 0 Å². The molecule has 0 radical (unpaired) electrons. The summed E-state index contributed by atoms with van der Waals surface area (Å²) in [5, 5.41) is 3.39. The topological polar surface area (TPSA) is 41.6 Å². The zero-order valence-corrected chi connectivity index (χ0v) is 9.42. The molecule has 2 aliphatic rings. The third-order valence-electron chi connectivity index (χ3n) is 3.55. The summed E-state index contributed by atoms with van der Waals surface area (Å²) in [5.41, 5.74) is 0.377. The van der Waals surface area contributed by atoms with E-state index in [2.05, 4.69) is 5.32 Å². The van der Waals surface area contributed by atoms with Crippen molar-refractivity contribution in [3.05, 3.63) is 0 Å². The Hall–Kier alpha value is -0.610. The predicted octanol–water partition coefficient (Wildman–Crippen LogP) is 0.235. The second-order valence-electron chi connectivity index (χ2n) is 4.63. The molecular weight excluding hydrogens is 192 g/mol. The quantitative estimate of drug-likeness (QED) is 0.728. The molecule has 2 saturated heterocycles. The molecule has 0 aliphatic carbocycles. The van der Waals surface area contributed by atoms with Crippen molar-refractivity contribution in [2.24, 2.45) is 5.41 Å². The lowest BCUT2D eigenvalue weighted by molar-refractivity contribution is -0.135. The van der Waals surface area contributed by atoms with Crippen molar-refractivity contribution in [2.45, 2.75) is 19.8 Å². The van der Waals surface area contributed by atoms with Crippen LogP contribution in [0.5, 0.6) is 0 Å². The van der Waals surface area contributed by atoms with Crippen LogP contribution < -0.4 is 5.32 Å². The summed E-state index contributed by atoms with van der Waals surface area (Å²) in [6.45, 7) is 6.80. The van der Waals surface area contributed by atoms with Crippen molar-refractivity contribution in [3.63, 3.8) is 0 Å². The van der Waals surface area contributed by atoms with Crippen molar-refractivity contribution >= 4 is 5.91 Å². The Morgan fingerprint density at radius 1 is 1.53 bits per heavy atom. The van der Waals surface area contributed by atoms with E-state index in [0.29, 0.717) is 12.0 Å². The first-order valence-corrected chi connectivity index (χ1v) is 5.82. The van der Waals surface area contributed by atoms with Crippen molar-refractivity contribution in [1.82, 2.24) is 10.2 Å². The smallest absolute Gasteiger partial charge is 0.248 e. The molecule has 86 valence electrons. The lowest BCUT2D eigenvalue weighted by Crippen LogP contribution is -2.35. The number of carbonyl (C=O) groups is 1. The fourth-order valence-electron chi connectivity index (χ4n) is 2.57. The summed E-state index contributed by atoms with van der Waals surface area (Å²) in [5.74, 6) is 0.153. The van der Waals surface area contributed by atoms with Gasteiger partial charge in [0.1, 0.15) is 6.61 Å². The molecule has 4 heteroatoms. The normalized spacial score (nSPS) is 30.3. The molecule has 2 fully saturated rings. The van der Waals surface area contributed by atoms with Crippen LogP contribution in [0.1, 0.15) is 19.8 Å². The highest BCUT2D eigenvalue weighted by Crippen LogP contribution is 2.35. The fourth-order valence-corrected chi connectivity index (χ4v) is 2.57. The number of amides is 1. The standard InChI is InChI=1S/C11H20N2O2/c1-2-15-7-10(14)13-6-4-11(9-13)3-5-12-8-11/h12H,2-9H2,1H3. The molecule has 1 unspecified atom stereocenters. The molecule has 4 nitrogen and oxygen atoms in total. The van der Waals surface area contributed by atoms with Crippen molar-refractivity contribution in [2.75, 3.05) is 39.4 Å². The van der Waals surface area contributed by atoms with E-state index in [1.807, 2.05) is 11.8 Å². The number of likely N-dealkylation sites (tertiary alicyclic amines) is 1. The summed E-state index contributed by atoms with van der Waals surface area (Å²) in [4.78, 5) is 13.7. The summed E-state index contributed by atoms with van der Waals surface area (Å²) in [6.07, 6.45) is 2.36. The summed E-state index contributed by atoms with van der Waals surface area (Å²) < 4.78 is 5.15. The molecular formula is C11H20N2O2. The molecule has 1 spiro atoms. The first-order chi connectivity index (χ1) is 7.26. The number of hydrogen-bond acceptors (Lipinski definition) is 3. The van der Waals surface area contributed by atoms with Gasteiger partial charge < -0.3 is 15.0 Å². The Morgan fingerprint density at radius 3 is 3.07 bits per heavy atom. The summed E-state index contributed by atoms with van der Waals surface area (Å²) in [6, 6.07) is 0. The highest BCUT2D eigenvalue weighted by atomic mass is 16.5. The molecule has 1 N–H and O–H groups in total. The fraction of sp³-hybridized carbons (Fsp3) is 0.909. The minimum Gasteiger partial charge on any atom is -0.372 e. The van der Waals surface area contributed by atoms with Crippen LogP contribution in [0.25, 0.3) is 0 Å². The van der Waals surface area contributed by atoms with Gasteiger partial charge in [0.15, 0.2) is 0 Å². The largest absolute Gasteiger partial charge is 0.372 e. The van der Waals surface area contributed by atoms with E-state index >= 15 is 0 Å². The van der Waals surface area contributed by atoms with Gasteiger partial charge in [-0.2, -0.15) is 0 Å². The lowest BCUT2D eigenvalue weighted by Gasteiger charge is -2.22. The van der Waals surface area contributed by atoms with E-state index in [9.17, 15) is 4.79 Å². The Labute approximate surface area is 91.0 Å². The number of rotatable bonds is 3.